The Morgan fingerprint density at radius 1 is 1.55 bits per heavy atom. The molecule has 4 nitrogen and oxygen atoms in total. The number of hydrogen-bond donors (Lipinski definition) is 1. The number of carbonyl (C=O) groups excluding carboxylic acids is 1. The molecule has 1 fully saturated rings. The second-order valence-corrected chi connectivity index (χ2v) is 6.69. The zero-order valence-corrected chi connectivity index (χ0v) is 13.1. The number of thiophene rings is 1. The topological polar surface area (TPSA) is 49.8 Å². The molecule has 0 radical (unpaired) electrons. The normalized spacial score (nSPS) is 19.1. The van der Waals surface area contributed by atoms with Crippen LogP contribution in [0.3, 0.4) is 0 Å². The third-order valence-corrected chi connectivity index (χ3v) is 4.91. The molecule has 112 valence electrons. The number of rotatable bonds is 6. The van der Waals surface area contributed by atoms with Crippen molar-refractivity contribution in [2.24, 2.45) is 0 Å². The van der Waals surface area contributed by atoms with Crippen molar-refractivity contribution in [1.29, 1.82) is 0 Å². The van der Waals surface area contributed by atoms with E-state index in [2.05, 4.69) is 4.90 Å². The lowest BCUT2D eigenvalue weighted by molar-refractivity contribution is -0.0125. The van der Waals surface area contributed by atoms with Crippen molar-refractivity contribution >= 4 is 28.7 Å². The van der Waals surface area contributed by atoms with Crippen molar-refractivity contribution in [2.45, 2.75) is 31.9 Å². The predicted octanol–water partition coefficient (Wildman–Crippen LogP) is 2.45. The van der Waals surface area contributed by atoms with Gasteiger partial charge in [0.15, 0.2) is 5.78 Å². The lowest BCUT2D eigenvalue weighted by Crippen LogP contribution is -2.45. The number of aliphatic hydroxyl groups is 1. The minimum Gasteiger partial charge on any atom is -0.394 e. The number of aliphatic hydroxyl groups excluding tert-OH is 1. The van der Waals surface area contributed by atoms with Gasteiger partial charge in [-0.1, -0.05) is 11.6 Å². The van der Waals surface area contributed by atoms with Crippen LogP contribution < -0.4 is 0 Å². The average Bonchev–Trinajstić information content (AvgIpc) is 2.90. The lowest BCUT2D eigenvalue weighted by Gasteiger charge is -2.35. The van der Waals surface area contributed by atoms with Gasteiger partial charge in [0.25, 0.3) is 0 Å². The molecule has 2 heterocycles. The minimum absolute atomic E-state index is 0.0637. The molecule has 1 saturated heterocycles. The highest BCUT2D eigenvalue weighted by Gasteiger charge is 2.28. The zero-order chi connectivity index (χ0) is 14.5. The second kappa shape index (κ2) is 7.52. The first-order valence-electron chi connectivity index (χ1n) is 6.88. The fraction of sp³-hybridized carbons (Fsp3) is 0.643. The Labute approximate surface area is 128 Å². The van der Waals surface area contributed by atoms with Crippen LogP contribution >= 0.6 is 22.9 Å². The number of hydrogen-bond acceptors (Lipinski definition) is 5. The summed E-state index contributed by atoms with van der Waals surface area (Å²) in [7, 11) is 0. The Morgan fingerprint density at radius 2 is 2.25 bits per heavy atom. The molecule has 0 amide bonds. The third-order valence-electron chi connectivity index (χ3n) is 3.66. The van der Waals surface area contributed by atoms with E-state index in [0.717, 1.165) is 30.8 Å². The second-order valence-electron chi connectivity index (χ2n) is 4.97. The quantitative estimate of drug-likeness (QED) is 0.819. The van der Waals surface area contributed by atoms with Gasteiger partial charge in [0.05, 0.1) is 34.6 Å². The minimum atomic E-state index is -0.122. The van der Waals surface area contributed by atoms with E-state index in [0.29, 0.717) is 10.9 Å². The van der Waals surface area contributed by atoms with Crippen LogP contribution in [0.1, 0.15) is 29.4 Å². The van der Waals surface area contributed by atoms with Crippen LogP contribution in [0.5, 0.6) is 0 Å². The molecule has 6 heteroatoms. The molecule has 0 aromatic carbocycles. The maximum Gasteiger partial charge on any atom is 0.189 e. The molecule has 1 atom stereocenters. The van der Waals surface area contributed by atoms with E-state index in [-0.39, 0.29) is 24.5 Å². The lowest BCUT2D eigenvalue weighted by atomic mass is 10.0. The fourth-order valence-electron chi connectivity index (χ4n) is 2.47. The van der Waals surface area contributed by atoms with Crippen LogP contribution in [0.15, 0.2) is 12.1 Å². The van der Waals surface area contributed by atoms with Gasteiger partial charge in [0.2, 0.25) is 0 Å². The first-order valence-corrected chi connectivity index (χ1v) is 8.07. The monoisotopic (exact) mass is 317 g/mol. The first kappa shape index (κ1) is 15.9. The van der Waals surface area contributed by atoms with E-state index in [1.54, 1.807) is 12.1 Å². The molecule has 1 N–H and O–H groups in total. The van der Waals surface area contributed by atoms with Crippen molar-refractivity contribution in [3.05, 3.63) is 21.3 Å². The number of Topliss-reactive ketones (excluding diaryl/α,β-unsaturated/α-hetero) is 1. The molecule has 2 rings (SSSR count). The van der Waals surface area contributed by atoms with Crippen molar-refractivity contribution in [2.75, 3.05) is 26.3 Å². The molecule has 1 aromatic heterocycles. The first-order chi connectivity index (χ1) is 9.61. The van der Waals surface area contributed by atoms with Gasteiger partial charge in [0.1, 0.15) is 0 Å². The van der Waals surface area contributed by atoms with Gasteiger partial charge in [-0.2, -0.15) is 0 Å². The van der Waals surface area contributed by atoms with E-state index in [4.69, 9.17) is 21.4 Å². The Morgan fingerprint density at radius 3 is 2.80 bits per heavy atom. The molecule has 0 saturated carbocycles. The number of carbonyl (C=O) groups is 1. The van der Waals surface area contributed by atoms with E-state index < -0.39 is 0 Å². The molecule has 0 aliphatic carbocycles. The molecular formula is C14H20ClNO3S. The summed E-state index contributed by atoms with van der Waals surface area (Å²) in [6, 6.07) is 3.44. The Kier molecular flexibility index (Phi) is 5.99. The van der Waals surface area contributed by atoms with Crippen LogP contribution in [0.2, 0.25) is 4.34 Å². The number of halogens is 1. The molecule has 1 aromatic rings. The van der Waals surface area contributed by atoms with Crippen molar-refractivity contribution in [3.63, 3.8) is 0 Å². The van der Waals surface area contributed by atoms with Crippen LogP contribution in [0.4, 0.5) is 0 Å². The highest BCUT2D eigenvalue weighted by molar-refractivity contribution is 7.18. The molecule has 1 aliphatic heterocycles. The van der Waals surface area contributed by atoms with Gasteiger partial charge >= 0.3 is 0 Å². The largest absolute Gasteiger partial charge is 0.394 e. The molecule has 1 unspecified atom stereocenters. The van der Waals surface area contributed by atoms with Crippen LogP contribution in [0.25, 0.3) is 0 Å². The summed E-state index contributed by atoms with van der Waals surface area (Å²) in [5.74, 6) is 0.136. The van der Waals surface area contributed by atoms with Crippen LogP contribution in [-0.2, 0) is 4.74 Å². The third kappa shape index (κ3) is 4.02. The van der Waals surface area contributed by atoms with Crippen molar-refractivity contribution < 1.29 is 14.6 Å². The summed E-state index contributed by atoms with van der Waals surface area (Å²) in [6.45, 7) is 4.11. The highest BCUT2D eigenvalue weighted by Crippen LogP contribution is 2.25. The maximum absolute atomic E-state index is 12.4. The predicted molar refractivity (Wildman–Crippen MR) is 80.8 cm³/mol. The Balaban J connectivity index is 1.85. The number of likely N-dealkylation sites (tertiary alicyclic amines) is 1. The SMILES string of the molecule is CC(C(=O)c1ccc(Cl)s1)N1CCC(OCCO)CC1. The summed E-state index contributed by atoms with van der Waals surface area (Å²) < 4.78 is 6.18. The van der Waals surface area contributed by atoms with E-state index in [9.17, 15) is 4.79 Å². The van der Waals surface area contributed by atoms with E-state index >= 15 is 0 Å². The zero-order valence-electron chi connectivity index (χ0n) is 11.5. The number of ether oxygens (including phenoxy) is 1. The highest BCUT2D eigenvalue weighted by atomic mass is 35.5. The summed E-state index contributed by atoms with van der Waals surface area (Å²) >= 11 is 7.21. The number of nitrogens with zero attached hydrogens (tertiary/aromatic N) is 1. The van der Waals surface area contributed by atoms with E-state index in [1.807, 2.05) is 6.92 Å². The van der Waals surface area contributed by atoms with Gasteiger partial charge in [-0.3, -0.25) is 9.69 Å². The van der Waals surface area contributed by atoms with Crippen LogP contribution in [-0.4, -0.2) is 54.2 Å². The average molecular weight is 318 g/mol. The van der Waals surface area contributed by atoms with Crippen molar-refractivity contribution in [3.8, 4) is 0 Å². The van der Waals surface area contributed by atoms with Gasteiger partial charge in [-0.05, 0) is 31.9 Å². The summed E-state index contributed by atoms with van der Waals surface area (Å²) in [5, 5.41) is 8.75. The fourth-order valence-corrected chi connectivity index (χ4v) is 3.53. The van der Waals surface area contributed by atoms with Crippen LogP contribution in [0, 0.1) is 0 Å². The molecule has 0 bridgehead atoms. The Hall–Kier alpha value is -0.460. The van der Waals surface area contributed by atoms with Gasteiger partial charge in [-0.25, -0.2) is 0 Å². The standard InChI is InChI=1S/C14H20ClNO3S/c1-10(14(18)12-2-3-13(15)20-12)16-6-4-11(5-7-16)19-9-8-17/h2-3,10-11,17H,4-9H2,1H3. The summed E-state index contributed by atoms with van der Waals surface area (Å²) in [5.41, 5.74) is 0. The summed E-state index contributed by atoms with van der Waals surface area (Å²) in [6.07, 6.45) is 2.02. The molecule has 1 aliphatic rings. The van der Waals surface area contributed by atoms with Gasteiger partial charge < -0.3 is 9.84 Å². The molecular weight excluding hydrogens is 298 g/mol. The van der Waals surface area contributed by atoms with E-state index in [1.165, 1.54) is 11.3 Å². The van der Waals surface area contributed by atoms with Gasteiger partial charge in [-0.15, -0.1) is 11.3 Å². The van der Waals surface area contributed by atoms with Gasteiger partial charge in [0, 0.05) is 13.1 Å². The number of piperidine rings is 1. The molecule has 0 spiro atoms. The number of ketones is 1. The maximum atomic E-state index is 12.4. The molecule has 20 heavy (non-hydrogen) atoms. The van der Waals surface area contributed by atoms with Crippen molar-refractivity contribution in [1.82, 2.24) is 4.90 Å². The smallest absolute Gasteiger partial charge is 0.189 e. The summed E-state index contributed by atoms with van der Waals surface area (Å²) in [4.78, 5) is 15.3. The Bertz CT molecular complexity index is 443.